The zero-order chi connectivity index (χ0) is 12.1. The Morgan fingerprint density at radius 2 is 2.38 bits per heavy atom. The molecule has 1 amide bonds. The van der Waals surface area contributed by atoms with Crippen molar-refractivity contribution in [3.05, 3.63) is 12.0 Å². The van der Waals surface area contributed by atoms with Crippen LogP contribution in [0, 0.1) is 5.92 Å². The molecule has 0 saturated carbocycles. The van der Waals surface area contributed by atoms with Crippen LogP contribution < -0.4 is 5.73 Å². The number of nitrogens with two attached hydrogens (primary N) is 1. The third-order valence-electron chi connectivity index (χ3n) is 1.79. The Morgan fingerprint density at radius 1 is 1.69 bits per heavy atom. The van der Waals surface area contributed by atoms with Crippen molar-refractivity contribution in [3.63, 3.8) is 0 Å². The molecule has 0 unspecified atom stereocenters. The van der Waals surface area contributed by atoms with E-state index in [1.807, 2.05) is 0 Å². The average Bonchev–Trinajstić information content (AvgIpc) is 2.61. The van der Waals surface area contributed by atoms with Gasteiger partial charge in [-0.2, -0.15) is 0 Å². The van der Waals surface area contributed by atoms with E-state index < -0.39 is 5.91 Å². The van der Waals surface area contributed by atoms with E-state index >= 15 is 0 Å². The first-order chi connectivity index (χ1) is 7.50. The molecular weight excluding hydrogens is 208 g/mol. The number of carbonyl (C=O) groups is 1. The van der Waals surface area contributed by atoms with Crippen LogP contribution in [0.15, 0.2) is 16.7 Å². The number of aromatic amines is 1. The van der Waals surface area contributed by atoms with Crippen molar-refractivity contribution in [3.8, 4) is 0 Å². The number of H-pyrrole nitrogens is 1. The fraction of sp³-hybridized carbons (Fsp3) is 0.556. The molecule has 0 aliphatic rings. The molecule has 0 aliphatic heterocycles. The number of hydrogen-bond donors (Lipinski definition) is 2. The van der Waals surface area contributed by atoms with Crippen LogP contribution in [0.5, 0.6) is 0 Å². The summed E-state index contributed by atoms with van der Waals surface area (Å²) in [5.41, 5.74) is 5.29. The van der Waals surface area contributed by atoms with E-state index in [1.165, 1.54) is 6.33 Å². The van der Waals surface area contributed by atoms with E-state index in [0.29, 0.717) is 5.92 Å². The lowest BCUT2D eigenvalue weighted by Crippen LogP contribution is -2.16. The number of primary amides is 1. The molecule has 1 rings (SSSR count). The van der Waals surface area contributed by atoms with Gasteiger partial charge in [-0.1, -0.05) is 19.1 Å². The van der Waals surface area contributed by atoms with Gasteiger partial charge in [-0.05, 0) is 5.92 Å². The highest BCUT2D eigenvalue weighted by molar-refractivity contribution is 5.94. The van der Waals surface area contributed by atoms with E-state index in [1.54, 1.807) is 12.1 Å². The molecule has 16 heavy (non-hydrogen) atoms. The SMILES string of the molecule is CC(C)CN(C)/N=N/c1nc[nH]c1C(N)=O. The zero-order valence-electron chi connectivity index (χ0n) is 9.64. The van der Waals surface area contributed by atoms with E-state index in [4.69, 9.17) is 5.73 Å². The Labute approximate surface area is 93.7 Å². The minimum absolute atomic E-state index is 0.168. The number of amides is 1. The van der Waals surface area contributed by atoms with Crippen molar-refractivity contribution in [1.29, 1.82) is 0 Å². The summed E-state index contributed by atoms with van der Waals surface area (Å²) in [6.45, 7) is 4.94. The summed E-state index contributed by atoms with van der Waals surface area (Å²) in [6, 6.07) is 0. The minimum atomic E-state index is -0.599. The van der Waals surface area contributed by atoms with E-state index in [-0.39, 0.29) is 11.5 Å². The maximum Gasteiger partial charge on any atom is 0.269 e. The van der Waals surface area contributed by atoms with Crippen molar-refractivity contribution in [2.24, 2.45) is 22.0 Å². The van der Waals surface area contributed by atoms with Crippen molar-refractivity contribution >= 4 is 11.7 Å². The third kappa shape index (κ3) is 3.34. The number of nitrogens with one attached hydrogen (secondary N) is 1. The second-order valence-electron chi connectivity index (χ2n) is 3.89. The molecule has 1 aromatic heterocycles. The van der Waals surface area contributed by atoms with Crippen LogP contribution in [0.1, 0.15) is 24.3 Å². The molecular formula is C9H16N6O. The summed E-state index contributed by atoms with van der Waals surface area (Å²) in [5, 5.41) is 9.45. The van der Waals surface area contributed by atoms with Crippen molar-refractivity contribution in [2.45, 2.75) is 13.8 Å². The van der Waals surface area contributed by atoms with Gasteiger partial charge >= 0.3 is 0 Å². The highest BCUT2D eigenvalue weighted by Gasteiger charge is 2.10. The Hall–Kier alpha value is -1.92. The highest BCUT2D eigenvalue weighted by atomic mass is 16.1. The summed E-state index contributed by atoms with van der Waals surface area (Å²) in [7, 11) is 1.81. The monoisotopic (exact) mass is 224 g/mol. The van der Waals surface area contributed by atoms with Crippen molar-refractivity contribution in [2.75, 3.05) is 13.6 Å². The summed E-state index contributed by atoms with van der Waals surface area (Å²) in [6.07, 6.45) is 1.36. The van der Waals surface area contributed by atoms with Gasteiger partial charge in [0.15, 0.2) is 5.69 Å². The van der Waals surface area contributed by atoms with Crippen LogP contribution in [0.2, 0.25) is 0 Å². The van der Waals surface area contributed by atoms with Crippen molar-refractivity contribution in [1.82, 2.24) is 15.0 Å². The summed E-state index contributed by atoms with van der Waals surface area (Å²) in [4.78, 5) is 17.4. The molecule has 0 bridgehead atoms. The van der Waals surface area contributed by atoms with Crippen LogP contribution in [0.3, 0.4) is 0 Å². The molecule has 7 heteroatoms. The first-order valence-corrected chi connectivity index (χ1v) is 4.96. The normalized spacial score (nSPS) is 11.2. The number of imidazole rings is 1. The van der Waals surface area contributed by atoms with Gasteiger partial charge in [-0.15, -0.1) is 5.11 Å². The Bertz CT molecular complexity index is 383. The average molecular weight is 224 g/mol. The molecule has 1 heterocycles. The quantitative estimate of drug-likeness (QED) is 0.578. The van der Waals surface area contributed by atoms with E-state index in [2.05, 4.69) is 34.2 Å². The molecule has 0 fully saturated rings. The molecule has 7 nitrogen and oxygen atoms in total. The van der Waals surface area contributed by atoms with Gasteiger partial charge in [-0.25, -0.2) is 4.98 Å². The number of aromatic nitrogens is 2. The van der Waals surface area contributed by atoms with E-state index in [0.717, 1.165) is 6.54 Å². The van der Waals surface area contributed by atoms with Gasteiger partial charge in [0.2, 0.25) is 5.82 Å². The lowest BCUT2D eigenvalue weighted by atomic mass is 10.2. The fourth-order valence-electron chi connectivity index (χ4n) is 1.23. The predicted octanol–water partition coefficient (Wildman–Crippen LogP) is 1.10. The predicted molar refractivity (Wildman–Crippen MR) is 59.1 cm³/mol. The maximum atomic E-state index is 10.9. The standard InChI is InChI=1S/C9H16N6O/c1-6(2)4-15(3)14-13-9-7(8(10)16)11-5-12-9/h5-6H,4H2,1-3H3,(H2,10,16)(H,11,12)/b14-13+. The van der Waals surface area contributed by atoms with Gasteiger partial charge in [0.1, 0.15) is 0 Å². The van der Waals surface area contributed by atoms with Crippen LogP contribution in [0.4, 0.5) is 5.82 Å². The largest absolute Gasteiger partial charge is 0.364 e. The molecule has 0 saturated heterocycles. The first kappa shape index (κ1) is 12.2. The zero-order valence-corrected chi connectivity index (χ0v) is 9.64. The number of hydrogen-bond acceptors (Lipinski definition) is 4. The summed E-state index contributed by atoms with van der Waals surface area (Å²) < 4.78 is 0. The van der Waals surface area contributed by atoms with Gasteiger partial charge in [-0.3, -0.25) is 9.80 Å². The number of rotatable bonds is 5. The molecule has 3 N–H and O–H groups in total. The van der Waals surface area contributed by atoms with Gasteiger partial charge in [0.25, 0.3) is 5.91 Å². The van der Waals surface area contributed by atoms with Crippen LogP contribution in [-0.2, 0) is 0 Å². The fourth-order valence-corrected chi connectivity index (χ4v) is 1.23. The van der Waals surface area contributed by atoms with Crippen molar-refractivity contribution < 1.29 is 4.79 Å². The molecule has 0 atom stereocenters. The Balaban J connectivity index is 2.69. The second kappa shape index (κ2) is 5.24. The van der Waals surface area contributed by atoms with E-state index in [9.17, 15) is 4.79 Å². The second-order valence-corrected chi connectivity index (χ2v) is 3.89. The maximum absolute atomic E-state index is 10.9. The lowest BCUT2D eigenvalue weighted by Gasteiger charge is -2.12. The van der Waals surface area contributed by atoms with Gasteiger partial charge in [0.05, 0.1) is 6.33 Å². The molecule has 88 valence electrons. The number of carbonyl (C=O) groups excluding carboxylic acids is 1. The van der Waals surface area contributed by atoms with Gasteiger partial charge < -0.3 is 10.7 Å². The summed E-state index contributed by atoms with van der Waals surface area (Å²) >= 11 is 0. The molecule has 0 aromatic carbocycles. The highest BCUT2D eigenvalue weighted by Crippen LogP contribution is 2.13. The molecule has 1 aromatic rings. The summed E-state index contributed by atoms with van der Waals surface area (Å²) in [5.74, 6) is 0.0970. The van der Waals surface area contributed by atoms with Gasteiger partial charge in [0, 0.05) is 13.6 Å². The first-order valence-electron chi connectivity index (χ1n) is 4.96. The molecule has 0 aliphatic carbocycles. The molecule has 0 spiro atoms. The van der Waals surface area contributed by atoms with Crippen LogP contribution >= 0.6 is 0 Å². The third-order valence-corrected chi connectivity index (χ3v) is 1.79. The Morgan fingerprint density at radius 3 is 2.94 bits per heavy atom. The van der Waals surface area contributed by atoms with Crippen LogP contribution in [-0.4, -0.2) is 34.5 Å². The van der Waals surface area contributed by atoms with Crippen LogP contribution in [0.25, 0.3) is 0 Å². The lowest BCUT2D eigenvalue weighted by molar-refractivity contribution is 0.0996. The smallest absolute Gasteiger partial charge is 0.269 e. The molecule has 0 radical (unpaired) electrons. The topological polar surface area (TPSA) is 99.7 Å². The minimum Gasteiger partial charge on any atom is -0.364 e. The Kier molecular flexibility index (Phi) is 3.98. The number of nitrogens with zero attached hydrogens (tertiary/aromatic N) is 4.